The number of pyridine rings is 1. The van der Waals surface area contributed by atoms with Crippen LogP contribution in [0.5, 0.6) is 0 Å². The number of ether oxygens (including phenoxy) is 1. The molecule has 148 valence electrons. The maximum absolute atomic E-state index is 5.96. The molecule has 7 nitrogen and oxygen atoms in total. The smallest absolute Gasteiger partial charge is 0.129 e. The maximum atomic E-state index is 5.96. The molecule has 7 heteroatoms. The molecule has 2 aliphatic rings. The molecule has 0 saturated carbocycles. The summed E-state index contributed by atoms with van der Waals surface area (Å²) in [6, 6.07) is 10.3. The lowest BCUT2D eigenvalue weighted by atomic mass is 10.0. The van der Waals surface area contributed by atoms with Crippen molar-refractivity contribution in [3.63, 3.8) is 0 Å². The second-order valence-electron chi connectivity index (χ2n) is 7.61. The number of benzene rings is 1. The van der Waals surface area contributed by atoms with Crippen LogP contribution in [0.3, 0.4) is 0 Å². The third-order valence-corrected chi connectivity index (χ3v) is 5.73. The molecule has 2 unspecified atom stereocenters. The van der Waals surface area contributed by atoms with Crippen LogP contribution in [0.1, 0.15) is 18.4 Å². The standard InChI is InChI=1S/C22H24N6O/c1-24-11-16(10-23)14-2-5-20-19(8-14)22(27-26-20)15-6-7-25-21(9-15)28-12-17-3-4-18(13-28)29-17/h2,5-11,17-18H,3-4,12-13,23H2,1H3,(H,26,27). The molecule has 2 atom stereocenters. The zero-order valence-electron chi connectivity index (χ0n) is 16.4. The highest BCUT2D eigenvalue weighted by Gasteiger charge is 2.34. The Kier molecular flexibility index (Phi) is 4.52. The van der Waals surface area contributed by atoms with Crippen LogP contribution >= 0.6 is 0 Å². The number of aliphatic imine (C=N–C) groups is 1. The molecular formula is C22H24N6O. The van der Waals surface area contributed by atoms with Crippen molar-refractivity contribution in [2.75, 3.05) is 25.0 Å². The van der Waals surface area contributed by atoms with Gasteiger partial charge in [-0.1, -0.05) is 6.07 Å². The maximum Gasteiger partial charge on any atom is 0.129 e. The van der Waals surface area contributed by atoms with Crippen LogP contribution in [0.2, 0.25) is 0 Å². The number of hydrogen-bond acceptors (Lipinski definition) is 6. The molecule has 5 rings (SSSR count). The Hall–Kier alpha value is -3.19. The van der Waals surface area contributed by atoms with Crippen LogP contribution in [0.15, 0.2) is 47.7 Å². The molecule has 2 aromatic heterocycles. The van der Waals surface area contributed by atoms with E-state index in [1.54, 1.807) is 19.5 Å². The fraction of sp³-hybridized carbons (Fsp3) is 0.318. The number of H-pyrrole nitrogens is 1. The number of aromatic amines is 1. The Balaban J connectivity index is 1.52. The first-order chi connectivity index (χ1) is 14.2. The molecule has 0 aliphatic carbocycles. The number of fused-ring (bicyclic) bond motifs is 3. The van der Waals surface area contributed by atoms with Crippen LogP contribution in [-0.2, 0) is 4.74 Å². The third-order valence-electron chi connectivity index (χ3n) is 5.73. The molecule has 29 heavy (non-hydrogen) atoms. The summed E-state index contributed by atoms with van der Waals surface area (Å²) in [7, 11) is 1.74. The molecule has 0 radical (unpaired) electrons. The van der Waals surface area contributed by atoms with E-state index in [-0.39, 0.29) is 0 Å². The summed E-state index contributed by atoms with van der Waals surface area (Å²) in [4.78, 5) is 11.0. The average Bonchev–Trinajstić information content (AvgIpc) is 3.34. The largest absolute Gasteiger partial charge is 0.404 e. The van der Waals surface area contributed by atoms with Gasteiger partial charge in [0.25, 0.3) is 0 Å². The molecule has 0 spiro atoms. The van der Waals surface area contributed by atoms with Crippen molar-refractivity contribution in [2.45, 2.75) is 25.0 Å². The Morgan fingerprint density at radius 3 is 2.83 bits per heavy atom. The number of allylic oxidation sites excluding steroid dienone is 1. The van der Waals surface area contributed by atoms with Crippen molar-refractivity contribution >= 4 is 28.5 Å². The molecule has 4 heterocycles. The first kappa shape index (κ1) is 17.9. The molecule has 3 N–H and O–H groups in total. The fourth-order valence-corrected chi connectivity index (χ4v) is 4.31. The molecule has 0 amide bonds. The number of rotatable bonds is 4. The van der Waals surface area contributed by atoms with E-state index in [1.807, 2.05) is 24.4 Å². The topological polar surface area (TPSA) is 92.4 Å². The van der Waals surface area contributed by atoms with Gasteiger partial charge in [0.05, 0.1) is 17.7 Å². The lowest BCUT2D eigenvalue weighted by Crippen LogP contribution is -2.43. The highest BCUT2D eigenvalue weighted by atomic mass is 16.5. The van der Waals surface area contributed by atoms with Crippen LogP contribution in [0, 0.1) is 0 Å². The van der Waals surface area contributed by atoms with Crippen molar-refractivity contribution in [3.05, 3.63) is 48.3 Å². The second kappa shape index (κ2) is 7.33. The molecular weight excluding hydrogens is 364 g/mol. The van der Waals surface area contributed by atoms with Gasteiger partial charge in [0, 0.05) is 55.3 Å². The zero-order chi connectivity index (χ0) is 19.8. The van der Waals surface area contributed by atoms with Crippen LogP contribution in [0.25, 0.3) is 27.7 Å². The van der Waals surface area contributed by atoms with E-state index in [0.29, 0.717) is 12.2 Å². The van der Waals surface area contributed by atoms with E-state index >= 15 is 0 Å². The molecule has 1 aromatic carbocycles. The van der Waals surface area contributed by atoms with E-state index < -0.39 is 0 Å². The van der Waals surface area contributed by atoms with Gasteiger partial charge in [0.2, 0.25) is 0 Å². The first-order valence-corrected chi connectivity index (χ1v) is 9.94. The van der Waals surface area contributed by atoms with Gasteiger partial charge in [0.1, 0.15) is 11.5 Å². The Morgan fingerprint density at radius 1 is 1.24 bits per heavy atom. The SMILES string of the molecule is CN=CC(=CN)c1ccc2[nH]nc(-c3ccnc(N4CC5CCC(C4)O5)c3)c2c1. The number of nitrogens with one attached hydrogen (secondary N) is 1. The lowest BCUT2D eigenvalue weighted by molar-refractivity contribution is 0.0302. The van der Waals surface area contributed by atoms with E-state index in [9.17, 15) is 0 Å². The number of hydrogen-bond donors (Lipinski definition) is 2. The van der Waals surface area contributed by atoms with Gasteiger partial charge in [-0.25, -0.2) is 4.98 Å². The number of aromatic nitrogens is 3. The molecule has 2 fully saturated rings. The van der Waals surface area contributed by atoms with E-state index in [2.05, 4.69) is 37.2 Å². The van der Waals surface area contributed by atoms with E-state index in [1.165, 1.54) is 0 Å². The van der Waals surface area contributed by atoms with Crippen molar-refractivity contribution in [3.8, 4) is 11.3 Å². The third kappa shape index (κ3) is 3.27. The normalized spacial score (nSPS) is 22.1. The Bertz CT molecular complexity index is 1090. The summed E-state index contributed by atoms with van der Waals surface area (Å²) in [5, 5.41) is 8.77. The van der Waals surface area contributed by atoms with Gasteiger partial charge in [-0.15, -0.1) is 0 Å². The van der Waals surface area contributed by atoms with Gasteiger partial charge in [-0.3, -0.25) is 10.1 Å². The van der Waals surface area contributed by atoms with Crippen LogP contribution in [0.4, 0.5) is 5.82 Å². The minimum Gasteiger partial charge on any atom is -0.404 e. The van der Waals surface area contributed by atoms with Crippen molar-refractivity contribution in [1.29, 1.82) is 0 Å². The highest BCUT2D eigenvalue weighted by Crippen LogP contribution is 2.32. The minimum atomic E-state index is 0.328. The molecule has 3 aromatic rings. The number of nitrogens with zero attached hydrogens (tertiary/aromatic N) is 4. The fourth-order valence-electron chi connectivity index (χ4n) is 4.31. The van der Waals surface area contributed by atoms with Gasteiger partial charge in [-0.05, 0) is 42.7 Å². The molecule has 2 bridgehead atoms. The quantitative estimate of drug-likeness (QED) is 0.671. The summed E-state index contributed by atoms with van der Waals surface area (Å²) in [6.07, 6.45) is 8.15. The predicted molar refractivity (Wildman–Crippen MR) is 116 cm³/mol. The first-order valence-electron chi connectivity index (χ1n) is 9.94. The zero-order valence-corrected chi connectivity index (χ0v) is 16.4. The average molecular weight is 388 g/mol. The number of nitrogens with two attached hydrogens (primary N) is 1. The van der Waals surface area contributed by atoms with Gasteiger partial charge >= 0.3 is 0 Å². The predicted octanol–water partition coefficient (Wildman–Crippen LogP) is 2.99. The van der Waals surface area contributed by atoms with E-state index in [4.69, 9.17) is 10.5 Å². The monoisotopic (exact) mass is 388 g/mol. The summed E-state index contributed by atoms with van der Waals surface area (Å²) >= 11 is 0. The lowest BCUT2D eigenvalue weighted by Gasteiger charge is -2.33. The van der Waals surface area contributed by atoms with E-state index in [0.717, 1.165) is 65.0 Å². The molecule has 2 saturated heterocycles. The van der Waals surface area contributed by atoms with Crippen LogP contribution in [-0.4, -0.2) is 53.7 Å². The Morgan fingerprint density at radius 2 is 2.07 bits per heavy atom. The van der Waals surface area contributed by atoms with Crippen molar-refractivity contribution in [1.82, 2.24) is 15.2 Å². The molecule has 2 aliphatic heterocycles. The summed E-state index contributed by atoms with van der Waals surface area (Å²) in [6.45, 7) is 1.80. The van der Waals surface area contributed by atoms with Gasteiger partial charge in [-0.2, -0.15) is 5.10 Å². The number of anilines is 1. The van der Waals surface area contributed by atoms with Crippen molar-refractivity contribution in [2.24, 2.45) is 10.7 Å². The number of morpholine rings is 1. The van der Waals surface area contributed by atoms with Crippen molar-refractivity contribution < 1.29 is 4.74 Å². The van der Waals surface area contributed by atoms with Crippen LogP contribution < -0.4 is 10.6 Å². The summed E-state index contributed by atoms with van der Waals surface area (Å²) in [5.41, 5.74) is 10.6. The summed E-state index contributed by atoms with van der Waals surface area (Å²) < 4.78 is 5.96. The van der Waals surface area contributed by atoms with Gasteiger partial charge < -0.3 is 15.4 Å². The minimum absolute atomic E-state index is 0.328. The van der Waals surface area contributed by atoms with Gasteiger partial charge in [0.15, 0.2) is 0 Å². The second-order valence-corrected chi connectivity index (χ2v) is 7.61. The Labute approximate surface area is 169 Å². The summed E-state index contributed by atoms with van der Waals surface area (Å²) in [5.74, 6) is 0.982. The highest BCUT2D eigenvalue weighted by molar-refractivity contribution is 6.11.